The number of halogens is 2. The van der Waals surface area contributed by atoms with Crippen molar-refractivity contribution in [1.29, 1.82) is 0 Å². The van der Waals surface area contributed by atoms with Crippen LogP contribution in [0.3, 0.4) is 0 Å². The fraction of sp³-hybridized carbons (Fsp3) is 0.300. The lowest BCUT2D eigenvalue weighted by Gasteiger charge is -2.05. The van der Waals surface area contributed by atoms with Gasteiger partial charge in [0.1, 0.15) is 11.6 Å². The maximum absolute atomic E-state index is 13.3. The third-order valence-electron chi connectivity index (χ3n) is 1.71. The number of carbonyl (C=O) groups excluding carboxylic acids is 1. The van der Waals surface area contributed by atoms with Crippen LogP contribution in [0, 0.1) is 18.6 Å². The predicted octanol–water partition coefficient (Wildman–Crippen LogP) is 2.45. The van der Waals surface area contributed by atoms with Crippen LogP contribution in [0.1, 0.15) is 22.8 Å². The summed E-state index contributed by atoms with van der Waals surface area (Å²) in [6.45, 7) is 3.12. The van der Waals surface area contributed by atoms with Gasteiger partial charge in [0.05, 0.1) is 12.2 Å². The smallest absolute Gasteiger partial charge is 0.341 e. The summed E-state index contributed by atoms with van der Waals surface area (Å²) in [7, 11) is 0. The highest BCUT2D eigenvalue weighted by atomic mass is 19.1. The maximum Gasteiger partial charge on any atom is 0.341 e. The Morgan fingerprint density at radius 1 is 1.43 bits per heavy atom. The van der Waals surface area contributed by atoms with Crippen LogP contribution in [0.5, 0.6) is 0 Å². The third kappa shape index (κ3) is 2.07. The molecule has 0 saturated heterocycles. The highest BCUT2D eigenvalue weighted by molar-refractivity contribution is 5.89. The maximum atomic E-state index is 13.3. The molecule has 0 amide bonds. The average Bonchev–Trinajstić information content (AvgIpc) is 2.11. The summed E-state index contributed by atoms with van der Waals surface area (Å²) in [5.41, 5.74) is -0.266. The molecule has 0 aromatic heterocycles. The molecule has 0 fully saturated rings. The summed E-state index contributed by atoms with van der Waals surface area (Å²) in [6.07, 6.45) is 0. The SMILES string of the molecule is CCOC(=O)c1cc(F)cc(C)c1F. The number of carbonyl (C=O) groups is 1. The minimum atomic E-state index is -0.840. The minimum absolute atomic E-state index is 0.0908. The van der Waals surface area contributed by atoms with Gasteiger partial charge in [-0.2, -0.15) is 0 Å². The topological polar surface area (TPSA) is 26.3 Å². The summed E-state index contributed by atoms with van der Waals surface area (Å²) in [5, 5.41) is 0. The van der Waals surface area contributed by atoms with Crippen LogP contribution in [0.4, 0.5) is 8.78 Å². The molecule has 4 heteroatoms. The van der Waals surface area contributed by atoms with E-state index in [2.05, 4.69) is 4.74 Å². The standard InChI is InChI=1S/C10H10F2O2/c1-3-14-10(13)8-5-7(11)4-6(2)9(8)12/h4-5H,3H2,1-2H3. The Morgan fingerprint density at radius 3 is 2.64 bits per heavy atom. The van der Waals surface area contributed by atoms with Crippen molar-refractivity contribution in [2.75, 3.05) is 6.61 Å². The zero-order valence-electron chi connectivity index (χ0n) is 7.93. The molecule has 0 aliphatic heterocycles. The highest BCUT2D eigenvalue weighted by Gasteiger charge is 2.15. The monoisotopic (exact) mass is 200 g/mol. The first-order chi connectivity index (χ1) is 6.56. The molecule has 0 unspecified atom stereocenters. The predicted molar refractivity (Wildman–Crippen MR) is 47.1 cm³/mol. The molecule has 0 aliphatic rings. The van der Waals surface area contributed by atoms with Crippen molar-refractivity contribution in [2.45, 2.75) is 13.8 Å². The van der Waals surface area contributed by atoms with Gasteiger partial charge in [-0.15, -0.1) is 0 Å². The van der Waals surface area contributed by atoms with Crippen LogP contribution in [0.25, 0.3) is 0 Å². The first-order valence-electron chi connectivity index (χ1n) is 4.19. The van der Waals surface area contributed by atoms with Crippen LogP contribution in [0.15, 0.2) is 12.1 Å². The molecule has 1 aromatic rings. The van der Waals surface area contributed by atoms with Crippen molar-refractivity contribution in [2.24, 2.45) is 0 Å². The van der Waals surface area contributed by atoms with Crippen LogP contribution < -0.4 is 0 Å². The van der Waals surface area contributed by atoms with Gasteiger partial charge in [-0.05, 0) is 31.5 Å². The fourth-order valence-electron chi connectivity index (χ4n) is 1.08. The van der Waals surface area contributed by atoms with E-state index >= 15 is 0 Å². The second-order valence-corrected chi connectivity index (χ2v) is 2.80. The van der Waals surface area contributed by atoms with Gasteiger partial charge in [0.2, 0.25) is 0 Å². The Hall–Kier alpha value is -1.45. The Balaban J connectivity index is 3.13. The van der Waals surface area contributed by atoms with Gasteiger partial charge in [-0.1, -0.05) is 0 Å². The molecule has 0 radical (unpaired) electrons. The Morgan fingerprint density at radius 2 is 2.07 bits per heavy atom. The molecule has 1 aromatic carbocycles. The quantitative estimate of drug-likeness (QED) is 0.685. The van der Waals surface area contributed by atoms with Gasteiger partial charge in [-0.25, -0.2) is 13.6 Å². The molecule has 0 atom stereocenters. The second-order valence-electron chi connectivity index (χ2n) is 2.80. The normalized spacial score (nSPS) is 10.0. The summed E-state index contributed by atoms with van der Waals surface area (Å²) < 4.78 is 30.7. The zero-order valence-corrected chi connectivity index (χ0v) is 7.93. The number of rotatable bonds is 2. The third-order valence-corrected chi connectivity index (χ3v) is 1.71. The average molecular weight is 200 g/mol. The molecular formula is C10H10F2O2. The molecule has 0 saturated carbocycles. The number of hydrogen-bond donors (Lipinski definition) is 0. The van der Waals surface area contributed by atoms with Gasteiger partial charge in [-0.3, -0.25) is 0 Å². The van der Waals surface area contributed by atoms with E-state index in [9.17, 15) is 13.6 Å². The number of hydrogen-bond acceptors (Lipinski definition) is 2. The minimum Gasteiger partial charge on any atom is -0.462 e. The van der Waals surface area contributed by atoms with E-state index in [1.54, 1.807) is 6.92 Å². The lowest BCUT2D eigenvalue weighted by Crippen LogP contribution is -2.08. The lowest BCUT2D eigenvalue weighted by atomic mass is 10.1. The molecule has 14 heavy (non-hydrogen) atoms. The van der Waals surface area contributed by atoms with Crippen molar-refractivity contribution < 1.29 is 18.3 Å². The number of esters is 1. The Kier molecular flexibility index (Phi) is 3.17. The second kappa shape index (κ2) is 4.17. The van der Waals surface area contributed by atoms with E-state index in [0.29, 0.717) is 0 Å². The van der Waals surface area contributed by atoms with Crippen molar-refractivity contribution in [3.63, 3.8) is 0 Å². The molecule has 1 rings (SSSR count). The summed E-state index contributed by atoms with van der Waals surface area (Å²) >= 11 is 0. The molecule has 0 bridgehead atoms. The van der Waals surface area contributed by atoms with Crippen LogP contribution >= 0.6 is 0 Å². The van der Waals surface area contributed by atoms with E-state index in [0.717, 1.165) is 12.1 Å². The molecule has 2 nitrogen and oxygen atoms in total. The fourth-order valence-corrected chi connectivity index (χ4v) is 1.08. The molecule has 0 spiro atoms. The largest absolute Gasteiger partial charge is 0.462 e. The van der Waals surface area contributed by atoms with E-state index in [1.807, 2.05) is 0 Å². The van der Waals surface area contributed by atoms with Crippen LogP contribution in [-0.2, 0) is 4.74 Å². The van der Waals surface area contributed by atoms with Gasteiger partial charge >= 0.3 is 5.97 Å². The van der Waals surface area contributed by atoms with E-state index in [1.165, 1.54) is 6.92 Å². The van der Waals surface area contributed by atoms with Crippen molar-refractivity contribution in [1.82, 2.24) is 0 Å². The first kappa shape index (κ1) is 10.6. The van der Waals surface area contributed by atoms with E-state index in [-0.39, 0.29) is 17.7 Å². The van der Waals surface area contributed by atoms with Gasteiger partial charge < -0.3 is 4.74 Å². The summed E-state index contributed by atoms with van der Waals surface area (Å²) in [6, 6.07) is 1.86. The Bertz CT molecular complexity index is 361. The van der Waals surface area contributed by atoms with Crippen LogP contribution in [-0.4, -0.2) is 12.6 Å². The van der Waals surface area contributed by atoms with Gasteiger partial charge in [0.15, 0.2) is 0 Å². The summed E-state index contributed by atoms with van der Waals surface area (Å²) in [4.78, 5) is 11.1. The molecule has 0 N–H and O–H groups in total. The number of benzene rings is 1. The molecule has 0 heterocycles. The Labute approximate surface area is 80.5 Å². The van der Waals surface area contributed by atoms with Crippen molar-refractivity contribution in [3.8, 4) is 0 Å². The zero-order chi connectivity index (χ0) is 10.7. The molecule has 76 valence electrons. The van der Waals surface area contributed by atoms with E-state index in [4.69, 9.17) is 0 Å². The number of ether oxygens (including phenoxy) is 1. The molecule has 0 aliphatic carbocycles. The summed E-state index contributed by atoms with van der Waals surface area (Å²) in [5.74, 6) is -2.22. The van der Waals surface area contributed by atoms with E-state index < -0.39 is 17.6 Å². The van der Waals surface area contributed by atoms with Crippen molar-refractivity contribution in [3.05, 3.63) is 34.9 Å². The van der Waals surface area contributed by atoms with Crippen LogP contribution in [0.2, 0.25) is 0 Å². The van der Waals surface area contributed by atoms with Crippen molar-refractivity contribution >= 4 is 5.97 Å². The first-order valence-corrected chi connectivity index (χ1v) is 4.19. The molecular weight excluding hydrogens is 190 g/mol. The lowest BCUT2D eigenvalue weighted by molar-refractivity contribution is 0.0520. The van der Waals surface area contributed by atoms with Gasteiger partial charge in [0, 0.05) is 0 Å². The van der Waals surface area contributed by atoms with Gasteiger partial charge in [0.25, 0.3) is 0 Å². The number of aryl methyl sites for hydroxylation is 1. The highest BCUT2D eigenvalue weighted by Crippen LogP contribution is 2.15.